The molecule has 0 amide bonds. The fraction of sp³-hybridized carbons (Fsp3) is 0.222. The maximum Gasteiger partial charge on any atom is 0.173 e. The maximum absolute atomic E-state index is 11.3. The molecule has 0 atom stereocenters. The maximum atomic E-state index is 11.3. The second-order valence-electron chi connectivity index (χ2n) is 2.44. The molecule has 0 saturated heterocycles. The minimum absolute atomic E-state index is 0.0553. The van der Waals surface area contributed by atoms with Gasteiger partial charge in [0.15, 0.2) is 5.78 Å². The van der Waals surface area contributed by atoms with Crippen LogP contribution in [-0.2, 0) is 4.84 Å². The molecule has 0 aliphatic carbocycles. The number of ketones is 1. The largest absolute Gasteiger partial charge is 0.293 e. The molecule has 0 spiro atoms. The van der Waals surface area contributed by atoms with Gasteiger partial charge in [-0.25, -0.2) is 0 Å². The predicted molar refractivity (Wildman–Crippen MR) is 55.2 cm³/mol. The van der Waals surface area contributed by atoms with Crippen molar-refractivity contribution >= 4 is 27.4 Å². The Hall–Kier alpha value is -0.870. The molecule has 13 heavy (non-hydrogen) atoms. The Kier molecular flexibility index (Phi) is 3.92. The lowest BCUT2D eigenvalue weighted by atomic mass is 10.1. The lowest BCUT2D eigenvalue weighted by molar-refractivity contribution is 0.102. The molecule has 0 fully saturated rings. The number of rotatable bonds is 4. The molecule has 0 unspecified atom stereocenters. The van der Waals surface area contributed by atoms with Gasteiger partial charge in [0, 0.05) is 5.56 Å². The zero-order valence-corrected chi connectivity index (χ0v) is 8.80. The Morgan fingerprint density at radius 2 is 2.38 bits per heavy atom. The molecule has 70 valence electrons. The second kappa shape index (κ2) is 4.99. The first-order valence-electron chi connectivity index (χ1n) is 3.76. The number of nitrogens with one attached hydrogen (secondary N) is 1. The number of carbonyl (C=O) groups excluding carboxylic acids is 1. The molecule has 0 aliphatic heterocycles. The predicted octanol–water partition coefficient (Wildman–Crippen LogP) is 2.24. The highest BCUT2D eigenvalue weighted by Gasteiger charge is 2.03. The fourth-order valence-corrected chi connectivity index (χ4v) is 1.27. The van der Waals surface area contributed by atoms with Crippen LogP contribution in [0, 0.1) is 0 Å². The smallest absolute Gasteiger partial charge is 0.173 e. The van der Waals surface area contributed by atoms with Crippen LogP contribution >= 0.6 is 15.9 Å². The third-order valence-electron chi connectivity index (χ3n) is 1.53. The van der Waals surface area contributed by atoms with Crippen LogP contribution in [0.5, 0.6) is 0 Å². The lowest BCUT2D eigenvalue weighted by Gasteiger charge is -2.03. The molecular weight excluding hydrogens is 234 g/mol. The van der Waals surface area contributed by atoms with E-state index in [0.29, 0.717) is 10.9 Å². The zero-order chi connectivity index (χ0) is 9.68. The van der Waals surface area contributed by atoms with Crippen molar-refractivity contribution in [1.29, 1.82) is 0 Å². The van der Waals surface area contributed by atoms with Gasteiger partial charge >= 0.3 is 0 Å². The highest BCUT2D eigenvalue weighted by Crippen LogP contribution is 2.11. The summed E-state index contributed by atoms with van der Waals surface area (Å²) in [6, 6.07) is 7.14. The van der Waals surface area contributed by atoms with E-state index in [2.05, 4.69) is 21.4 Å². The van der Waals surface area contributed by atoms with Crippen LogP contribution in [-0.4, -0.2) is 18.2 Å². The van der Waals surface area contributed by atoms with Crippen LogP contribution in [0.4, 0.5) is 5.69 Å². The second-order valence-corrected chi connectivity index (χ2v) is 3.00. The van der Waals surface area contributed by atoms with Crippen molar-refractivity contribution in [2.45, 2.75) is 0 Å². The van der Waals surface area contributed by atoms with Crippen LogP contribution in [0.25, 0.3) is 0 Å². The Morgan fingerprint density at radius 3 is 3.00 bits per heavy atom. The van der Waals surface area contributed by atoms with E-state index in [1.54, 1.807) is 18.2 Å². The Morgan fingerprint density at radius 1 is 1.62 bits per heavy atom. The number of Topliss-reactive ketones (excluding diaryl/α,β-unsaturated/α-hetero) is 1. The van der Waals surface area contributed by atoms with Gasteiger partial charge in [0.05, 0.1) is 18.1 Å². The number of benzene rings is 1. The van der Waals surface area contributed by atoms with Crippen molar-refractivity contribution < 1.29 is 9.63 Å². The average molecular weight is 244 g/mol. The summed E-state index contributed by atoms with van der Waals surface area (Å²) in [6.45, 7) is 0. The van der Waals surface area contributed by atoms with Gasteiger partial charge in [-0.2, -0.15) is 0 Å². The first-order valence-corrected chi connectivity index (χ1v) is 4.88. The van der Waals surface area contributed by atoms with E-state index in [1.807, 2.05) is 6.07 Å². The average Bonchev–Trinajstić information content (AvgIpc) is 2.18. The SMILES string of the molecule is CONc1cccc(C(=O)CBr)c1. The number of alkyl halides is 1. The first kappa shape index (κ1) is 10.2. The minimum atomic E-state index is 0.0553. The molecule has 0 radical (unpaired) electrons. The molecule has 3 nitrogen and oxygen atoms in total. The van der Waals surface area contributed by atoms with E-state index in [-0.39, 0.29) is 5.78 Å². The van der Waals surface area contributed by atoms with Crippen molar-refractivity contribution in [3.8, 4) is 0 Å². The van der Waals surface area contributed by atoms with Crippen LogP contribution in [0.15, 0.2) is 24.3 Å². The molecule has 1 aromatic carbocycles. The van der Waals surface area contributed by atoms with Crippen molar-refractivity contribution in [1.82, 2.24) is 0 Å². The topological polar surface area (TPSA) is 38.3 Å². The summed E-state index contributed by atoms with van der Waals surface area (Å²) in [5.74, 6) is 0.0553. The number of hydrogen-bond donors (Lipinski definition) is 1. The Bertz CT molecular complexity index is 301. The summed E-state index contributed by atoms with van der Waals surface area (Å²) in [5.41, 5.74) is 4.10. The van der Waals surface area contributed by atoms with Gasteiger partial charge in [0.25, 0.3) is 0 Å². The Labute approximate surface area is 85.2 Å². The van der Waals surface area contributed by atoms with Crippen LogP contribution < -0.4 is 5.48 Å². The van der Waals surface area contributed by atoms with Crippen molar-refractivity contribution in [2.75, 3.05) is 17.9 Å². The van der Waals surface area contributed by atoms with E-state index >= 15 is 0 Å². The van der Waals surface area contributed by atoms with E-state index in [4.69, 9.17) is 4.84 Å². The summed E-state index contributed by atoms with van der Waals surface area (Å²) in [7, 11) is 1.53. The molecule has 0 saturated carbocycles. The molecule has 0 heterocycles. The first-order chi connectivity index (χ1) is 6.27. The molecule has 0 aliphatic rings. The minimum Gasteiger partial charge on any atom is -0.293 e. The third kappa shape index (κ3) is 2.82. The number of halogens is 1. The van der Waals surface area contributed by atoms with E-state index < -0.39 is 0 Å². The number of carbonyl (C=O) groups is 1. The van der Waals surface area contributed by atoms with Crippen LogP contribution in [0.2, 0.25) is 0 Å². The van der Waals surface area contributed by atoms with Crippen molar-refractivity contribution in [3.05, 3.63) is 29.8 Å². The summed E-state index contributed by atoms with van der Waals surface area (Å²) in [4.78, 5) is 16.0. The Balaban J connectivity index is 2.85. The number of anilines is 1. The highest BCUT2D eigenvalue weighted by atomic mass is 79.9. The highest BCUT2D eigenvalue weighted by molar-refractivity contribution is 9.09. The monoisotopic (exact) mass is 243 g/mol. The van der Waals surface area contributed by atoms with Gasteiger partial charge in [-0.15, -0.1) is 0 Å². The normalized spacial score (nSPS) is 9.69. The van der Waals surface area contributed by atoms with Gasteiger partial charge < -0.3 is 0 Å². The van der Waals surface area contributed by atoms with E-state index in [0.717, 1.165) is 5.69 Å². The van der Waals surface area contributed by atoms with Gasteiger partial charge in [0.2, 0.25) is 0 Å². The van der Waals surface area contributed by atoms with Gasteiger partial charge in [-0.1, -0.05) is 28.1 Å². The molecule has 0 bridgehead atoms. The molecule has 0 aromatic heterocycles. The van der Waals surface area contributed by atoms with Crippen molar-refractivity contribution in [2.24, 2.45) is 0 Å². The molecule has 1 rings (SSSR count). The van der Waals surface area contributed by atoms with Crippen LogP contribution in [0.3, 0.4) is 0 Å². The quantitative estimate of drug-likeness (QED) is 0.501. The summed E-state index contributed by atoms with van der Waals surface area (Å²) in [5, 5.41) is 0.337. The van der Waals surface area contributed by atoms with Crippen LogP contribution in [0.1, 0.15) is 10.4 Å². The van der Waals surface area contributed by atoms with Gasteiger partial charge in [-0.05, 0) is 12.1 Å². The van der Waals surface area contributed by atoms with Gasteiger partial charge in [0.1, 0.15) is 0 Å². The molecule has 4 heteroatoms. The molecule has 1 N–H and O–H groups in total. The standard InChI is InChI=1S/C9H10BrNO2/c1-13-11-8-4-2-3-7(5-8)9(12)6-10/h2-5,11H,6H2,1H3. The third-order valence-corrected chi connectivity index (χ3v) is 2.04. The lowest BCUT2D eigenvalue weighted by Crippen LogP contribution is -2.01. The molecular formula is C9H10BrNO2. The van der Waals surface area contributed by atoms with E-state index in [1.165, 1.54) is 7.11 Å². The number of hydrogen-bond acceptors (Lipinski definition) is 3. The summed E-state index contributed by atoms with van der Waals surface area (Å²) in [6.07, 6.45) is 0. The molecule has 1 aromatic rings. The van der Waals surface area contributed by atoms with Gasteiger partial charge in [-0.3, -0.25) is 15.1 Å². The van der Waals surface area contributed by atoms with Crippen molar-refractivity contribution in [3.63, 3.8) is 0 Å². The summed E-state index contributed by atoms with van der Waals surface area (Å²) < 4.78 is 0. The summed E-state index contributed by atoms with van der Waals surface area (Å²) >= 11 is 3.11. The fourth-order valence-electron chi connectivity index (χ4n) is 0.951. The van der Waals surface area contributed by atoms with E-state index in [9.17, 15) is 4.79 Å². The zero-order valence-electron chi connectivity index (χ0n) is 7.21.